The molecule has 2 aromatic carbocycles. The molecule has 0 heterocycles. The predicted octanol–water partition coefficient (Wildman–Crippen LogP) is 3.07. The van der Waals surface area contributed by atoms with Gasteiger partial charge in [-0.05, 0) is 42.7 Å². The quantitative estimate of drug-likeness (QED) is 0.722. The van der Waals surface area contributed by atoms with E-state index < -0.39 is 18.0 Å². The number of ether oxygens (including phenoxy) is 1. The second kappa shape index (κ2) is 9.03. The van der Waals surface area contributed by atoms with E-state index in [-0.39, 0.29) is 18.8 Å². The Kier molecular flexibility index (Phi) is 6.77. The van der Waals surface area contributed by atoms with Crippen LogP contribution in [-0.2, 0) is 6.54 Å². The molecule has 1 atom stereocenters. The van der Waals surface area contributed by atoms with Gasteiger partial charge in [-0.25, -0.2) is 9.18 Å². The van der Waals surface area contributed by atoms with Crippen LogP contribution in [0.25, 0.3) is 0 Å². The normalized spacial score (nSPS) is 11.7. The zero-order valence-electron chi connectivity index (χ0n) is 14.4. The second-order valence-electron chi connectivity index (χ2n) is 5.63. The molecule has 0 aliphatic heterocycles. The molecule has 134 valence electrons. The van der Waals surface area contributed by atoms with Crippen molar-refractivity contribution in [3.05, 3.63) is 65.0 Å². The lowest BCUT2D eigenvalue weighted by atomic mass is 10.0. The Morgan fingerprint density at radius 1 is 1.24 bits per heavy atom. The number of aliphatic hydroxyl groups is 1. The van der Waals surface area contributed by atoms with E-state index in [1.54, 1.807) is 13.0 Å². The first-order valence-electron chi connectivity index (χ1n) is 8.17. The first kappa shape index (κ1) is 18.7. The monoisotopic (exact) mass is 346 g/mol. The summed E-state index contributed by atoms with van der Waals surface area (Å²) in [7, 11) is 0. The minimum atomic E-state index is -0.783. The van der Waals surface area contributed by atoms with Crippen LogP contribution in [0.3, 0.4) is 0 Å². The molecule has 25 heavy (non-hydrogen) atoms. The smallest absolute Gasteiger partial charge is 0.315 e. The van der Waals surface area contributed by atoms with Crippen LogP contribution in [0.15, 0.2) is 42.5 Å². The number of halogens is 1. The lowest BCUT2D eigenvalue weighted by molar-refractivity contribution is 0.172. The van der Waals surface area contributed by atoms with Gasteiger partial charge in [0.15, 0.2) is 11.6 Å². The van der Waals surface area contributed by atoms with Gasteiger partial charge in [0.2, 0.25) is 0 Å². The summed E-state index contributed by atoms with van der Waals surface area (Å²) in [5, 5.41) is 15.4. The van der Waals surface area contributed by atoms with Gasteiger partial charge in [0, 0.05) is 13.1 Å². The zero-order chi connectivity index (χ0) is 18.2. The molecule has 0 saturated heterocycles. The summed E-state index contributed by atoms with van der Waals surface area (Å²) in [6, 6.07) is 11.6. The van der Waals surface area contributed by atoms with Crippen molar-refractivity contribution in [1.82, 2.24) is 10.6 Å². The summed E-state index contributed by atoms with van der Waals surface area (Å²) >= 11 is 0. The molecular weight excluding hydrogens is 323 g/mol. The first-order chi connectivity index (χ1) is 12.0. The van der Waals surface area contributed by atoms with Gasteiger partial charge < -0.3 is 20.5 Å². The van der Waals surface area contributed by atoms with E-state index in [1.807, 2.05) is 31.2 Å². The third-order valence-electron chi connectivity index (χ3n) is 3.75. The number of amides is 2. The predicted molar refractivity (Wildman–Crippen MR) is 93.9 cm³/mol. The van der Waals surface area contributed by atoms with Crippen molar-refractivity contribution < 1.29 is 19.0 Å². The van der Waals surface area contributed by atoms with E-state index >= 15 is 0 Å². The Morgan fingerprint density at radius 2 is 2.00 bits per heavy atom. The Hall–Kier alpha value is -2.60. The number of hydrogen-bond acceptors (Lipinski definition) is 3. The molecule has 0 radical (unpaired) electrons. The minimum Gasteiger partial charge on any atom is -0.491 e. The van der Waals surface area contributed by atoms with Crippen LogP contribution in [0.4, 0.5) is 9.18 Å². The highest BCUT2D eigenvalue weighted by atomic mass is 19.1. The average molecular weight is 346 g/mol. The Balaban J connectivity index is 1.81. The standard InChI is InChI=1S/C19H23FN2O3/c1-3-25-18-9-8-14(10-16(18)20)11-21-19(24)22-12-17(23)15-7-5-4-6-13(15)2/h4-10,17,23H,3,11-12H2,1-2H3,(H2,21,22,24). The largest absolute Gasteiger partial charge is 0.491 e. The minimum absolute atomic E-state index is 0.0916. The fourth-order valence-electron chi connectivity index (χ4n) is 2.43. The van der Waals surface area contributed by atoms with Crippen molar-refractivity contribution in [2.24, 2.45) is 0 Å². The van der Waals surface area contributed by atoms with E-state index in [1.165, 1.54) is 12.1 Å². The van der Waals surface area contributed by atoms with Crippen LogP contribution >= 0.6 is 0 Å². The van der Waals surface area contributed by atoms with Gasteiger partial charge in [0.05, 0.1) is 12.7 Å². The highest BCUT2D eigenvalue weighted by molar-refractivity contribution is 5.73. The second-order valence-corrected chi connectivity index (χ2v) is 5.63. The Labute approximate surface area is 146 Å². The van der Waals surface area contributed by atoms with Crippen LogP contribution in [0.2, 0.25) is 0 Å². The molecule has 1 unspecified atom stereocenters. The number of nitrogens with one attached hydrogen (secondary N) is 2. The molecule has 0 fully saturated rings. The number of benzene rings is 2. The molecular formula is C19H23FN2O3. The number of carbonyl (C=O) groups excluding carboxylic acids is 1. The molecule has 2 amide bonds. The summed E-state index contributed by atoms with van der Waals surface area (Å²) in [6.45, 7) is 4.34. The van der Waals surface area contributed by atoms with Crippen molar-refractivity contribution >= 4 is 6.03 Å². The lowest BCUT2D eigenvalue weighted by Crippen LogP contribution is -2.37. The molecule has 0 spiro atoms. The molecule has 0 aromatic heterocycles. The highest BCUT2D eigenvalue weighted by Crippen LogP contribution is 2.18. The van der Waals surface area contributed by atoms with Crippen molar-refractivity contribution in [3.8, 4) is 5.75 Å². The molecule has 3 N–H and O–H groups in total. The number of urea groups is 1. The van der Waals surface area contributed by atoms with Crippen molar-refractivity contribution in [2.75, 3.05) is 13.2 Å². The van der Waals surface area contributed by atoms with Gasteiger partial charge in [-0.3, -0.25) is 0 Å². The van der Waals surface area contributed by atoms with Gasteiger partial charge in [0.1, 0.15) is 0 Å². The van der Waals surface area contributed by atoms with Crippen LogP contribution < -0.4 is 15.4 Å². The van der Waals surface area contributed by atoms with Gasteiger partial charge >= 0.3 is 6.03 Å². The maximum absolute atomic E-state index is 13.8. The summed E-state index contributed by atoms with van der Waals surface area (Å²) in [5.74, 6) is -0.270. The first-order valence-corrected chi connectivity index (χ1v) is 8.17. The van der Waals surface area contributed by atoms with Crippen LogP contribution in [0, 0.1) is 12.7 Å². The van der Waals surface area contributed by atoms with Crippen molar-refractivity contribution in [3.63, 3.8) is 0 Å². The maximum Gasteiger partial charge on any atom is 0.315 e. The number of aryl methyl sites for hydroxylation is 1. The van der Waals surface area contributed by atoms with Crippen LogP contribution in [0.1, 0.15) is 29.7 Å². The summed E-state index contributed by atoms with van der Waals surface area (Å²) < 4.78 is 18.9. The Bertz CT molecular complexity index is 722. The molecule has 0 aliphatic carbocycles. The molecule has 0 bridgehead atoms. The molecule has 0 saturated carbocycles. The third-order valence-corrected chi connectivity index (χ3v) is 3.75. The van der Waals surface area contributed by atoms with E-state index in [2.05, 4.69) is 10.6 Å². The SMILES string of the molecule is CCOc1ccc(CNC(=O)NCC(O)c2ccccc2C)cc1F. The van der Waals surface area contributed by atoms with Gasteiger partial charge in [-0.2, -0.15) is 0 Å². The van der Waals surface area contributed by atoms with Gasteiger partial charge in [-0.15, -0.1) is 0 Å². The number of carbonyl (C=O) groups is 1. The molecule has 5 nitrogen and oxygen atoms in total. The van der Waals surface area contributed by atoms with E-state index in [9.17, 15) is 14.3 Å². The molecule has 2 rings (SSSR count). The number of hydrogen-bond donors (Lipinski definition) is 3. The van der Waals surface area contributed by atoms with Crippen LogP contribution in [0.5, 0.6) is 5.75 Å². The lowest BCUT2D eigenvalue weighted by Gasteiger charge is -2.15. The molecule has 0 aliphatic rings. The topological polar surface area (TPSA) is 70.6 Å². The molecule has 6 heteroatoms. The van der Waals surface area contributed by atoms with E-state index in [4.69, 9.17) is 4.74 Å². The zero-order valence-corrected chi connectivity index (χ0v) is 14.4. The van der Waals surface area contributed by atoms with Crippen LogP contribution in [-0.4, -0.2) is 24.3 Å². The molecule has 2 aromatic rings. The Morgan fingerprint density at radius 3 is 2.68 bits per heavy atom. The summed E-state index contributed by atoms with van der Waals surface area (Å²) in [6.07, 6.45) is -0.783. The fraction of sp³-hybridized carbons (Fsp3) is 0.316. The average Bonchev–Trinajstić information content (AvgIpc) is 2.60. The van der Waals surface area contributed by atoms with Crippen molar-refractivity contribution in [2.45, 2.75) is 26.5 Å². The summed E-state index contributed by atoms with van der Waals surface area (Å²) in [5.41, 5.74) is 2.36. The fourth-order valence-corrected chi connectivity index (χ4v) is 2.43. The van der Waals surface area contributed by atoms with E-state index in [0.717, 1.165) is 11.1 Å². The van der Waals surface area contributed by atoms with Gasteiger partial charge in [0.25, 0.3) is 0 Å². The third kappa shape index (κ3) is 5.46. The number of aliphatic hydroxyl groups excluding tert-OH is 1. The number of rotatable bonds is 7. The van der Waals surface area contributed by atoms with Crippen molar-refractivity contribution in [1.29, 1.82) is 0 Å². The summed E-state index contributed by atoms with van der Waals surface area (Å²) in [4.78, 5) is 11.8. The van der Waals surface area contributed by atoms with Gasteiger partial charge in [-0.1, -0.05) is 30.3 Å². The van der Waals surface area contributed by atoms with E-state index in [0.29, 0.717) is 12.2 Å². The maximum atomic E-state index is 13.8. The highest BCUT2D eigenvalue weighted by Gasteiger charge is 2.11.